The van der Waals surface area contributed by atoms with Crippen LogP contribution in [0.5, 0.6) is 0 Å². The van der Waals surface area contributed by atoms with Gasteiger partial charge in [0.2, 0.25) is 11.8 Å². The molecule has 2 saturated carbocycles. The number of hydrogen-bond donors (Lipinski definition) is 1. The van der Waals surface area contributed by atoms with Crippen LogP contribution in [0.2, 0.25) is 0 Å². The number of hydrogen-bond acceptors (Lipinski definition) is 4. The van der Waals surface area contributed by atoms with Crippen LogP contribution in [0.15, 0.2) is 33.3 Å². The van der Waals surface area contributed by atoms with Crippen molar-refractivity contribution in [2.75, 3.05) is 0 Å². The highest BCUT2D eigenvalue weighted by atomic mass is 79.9. The van der Waals surface area contributed by atoms with Crippen molar-refractivity contribution < 1.29 is 9.32 Å². The van der Waals surface area contributed by atoms with E-state index in [1.54, 1.807) is 0 Å². The van der Waals surface area contributed by atoms with Crippen LogP contribution in [0, 0.1) is 11.8 Å². The van der Waals surface area contributed by atoms with Crippen LogP contribution in [-0.2, 0) is 4.79 Å². The lowest BCUT2D eigenvalue weighted by molar-refractivity contribution is -0.123. The van der Waals surface area contributed by atoms with Crippen molar-refractivity contribution in [2.45, 2.75) is 51.0 Å². The standard InChI is InChI=1S/C19H22BrN3O2/c1-10(2)16(19-22-17(23-25-19)11-6-7-11)21-18(24)15-9-14(15)12-4-3-5-13(20)8-12/h3-5,8,10-11,14-16H,6-7,9H2,1-2H3,(H,21,24). The number of benzene rings is 1. The third-order valence-corrected chi connectivity index (χ3v) is 5.53. The van der Waals surface area contributed by atoms with Gasteiger partial charge in [-0.3, -0.25) is 4.79 Å². The molecule has 25 heavy (non-hydrogen) atoms. The summed E-state index contributed by atoms with van der Waals surface area (Å²) in [7, 11) is 0. The fraction of sp³-hybridized carbons (Fsp3) is 0.526. The van der Waals surface area contributed by atoms with Crippen molar-refractivity contribution in [1.82, 2.24) is 15.5 Å². The van der Waals surface area contributed by atoms with Crippen LogP contribution in [0.4, 0.5) is 0 Å². The number of aromatic nitrogens is 2. The normalized spacial score (nSPS) is 23.5. The molecule has 6 heteroatoms. The molecule has 132 valence electrons. The van der Waals surface area contributed by atoms with Crippen LogP contribution in [0.3, 0.4) is 0 Å². The molecule has 0 bridgehead atoms. The lowest BCUT2D eigenvalue weighted by atomic mass is 10.0. The smallest absolute Gasteiger partial charge is 0.249 e. The molecule has 1 aromatic heterocycles. The van der Waals surface area contributed by atoms with E-state index in [2.05, 4.69) is 57.4 Å². The van der Waals surface area contributed by atoms with E-state index in [0.29, 0.717) is 17.7 Å². The minimum absolute atomic E-state index is 0.0290. The number of nitrogens with zero attached hydrogens (tertiary/aromatic N) is 2. The zero-order valence-corrected chi connectivity index (χ0v) is 16.0. The molecular formula is C19H22BrN3O2. The van der Waals surface area contributed by atoms with Crippen molar-refractivity contribution in [3.63, 3.8) is 0 Å². The van der Waals surface area contributed by atoms with Crippen molar-refractivity contribution in [3.8, 4) is 0 Å². The number of carbonyl (C=O) groups is 1. The SMILES string of the molecule is CC(C)C(NC(=O)C1CC1c1cccc(Br)c1)c1nc(C2CC2)no1. The van der Waals surface area contributed by atoms with Crippen LogP contribution >= 0.6 is 15.9 Å². The van der Waals surface area contributed by atoms with Crippen molar-refractivity contribution in [3.05, 3.63) is 46.0 Å². The molecule has 0 spiro atoms. The van der Waals surface area contributed by atoms with Gasteiger partial charge in [-0.2, -0.15) is 4.98 Å². The highest BCUT2D eigenvalue weighted by Crippen LogP contribution is 2.48. The topological polar surface area (TPSA) is 68.0 Å². The third-order valence-electron chi connectivity index (χ3n) is 5.03. The maximum Gasteiger partial charge on any atom is 0.249 e. The first-order valence-electron chi connectivity index (χ1n) is 8.92. The van der Waals surface area contributed by atoms with E-state index >= 15 is 0 Å². The van der Waals surface area contributed by atoms with Crippen LogP contribution < -0.4 is 5.32 Å². The number of carbonyl (C=O) groups excluding carboxylic acids is 1. The Kier molecular flexibility index (Phi) is 4.40. The maximum atomic E-state index is 12.7. The summed E-state index contributed by atoms with van der Waals surface area (Å²) < 4.78 is 6.49. The Morgan fingerprint density at radius 3 is 2.84 bits per heavy atom. The van der Waals surface area contributed by atoms with Gasteiger partial charge in [-0.25, -0.2) is 0 Å². The third kappa shape index (κ3) is 3.64. The zero-order valence-electron chi connectivity index (χ0n) is 14.4. The fourth-order valence-electron chi connectivity index (χ4n) is 3.25. The monoisotopic (exact) mass is 403 g/mol. The largest absolute Gasteiger partial charge is 0.344 e. The Balaban J connectivity index is 1.43. The first-order chi connectivity index (χ1) is 12.0. The predicted octanol–water partition coefficient (Wildman–Crippen LogP) is 4.33. The summed E-state index contributed by atoms with van der Waals surface area (Å²) in [5, 5.41) is 7.21. The molecule has 3 atom stereocenters. The second-order valence-corrected chi connectivity index (χ2v) is 8.41. The molecule has 2 aliphatic rings. The van der Waals surface area contributed by atoms with Crippen molar-refractivity contribution in [1.29, 1.82) is 0 Å². The molecule has 1 heterocycles. The Morgan fingerprint density at radius 1 is 1.36 bits per heavy atom. The number of amides is 1. The van der Waals surface area contributed by atoms with Gasteiger partial charge in [0.05, 0.1) is 0 Å². The molecule has 1 aromatic carbocycles. The molecule has 2 aliphatic carbocycles. The van der Waals surface area contributed by atoms with Crippen LogP contribution in [0.25, 0.3) is 0 Å². The van der Waals surface area contributed by atoms with E-state index in [-0.39, 0.29) is 23.8 Å². The number of halogens is 1. The molecule has 0 aliphatic heterocycles. The minimum Gasteiger partial charge on any atom is -0.344 e. The second kappa shape index (κ2) is 6.56. The van der Waals surface area contributed by atoms with E-state index < -0.39 is 0 Å². The van der Waals surface area contributed by atoms with Crippen molar-refractivity contribution in [2.24, 2.45) is 11.8 Å². The molecule has 5 nitrogen and oxygen atoms in total. The minimum atomic E-state index is -0.226. The summed E-state index contributed by atoms with van der Waals surface area (Å²) in [6.07, 6.45) is 3.16. The molecule has 0 saturated heterocycles. The Bertz CT molecular complexity index is 784. The molecule has 1 N–H and O–H groups in total. The summed E-state index contributed by atoms with van der Waals surface area (Å²) in [5.74, 6) is 2.37. The van der Waals surface area contributed by atoms with Gasteiger partial charge in [-0.05, 0) is 48.8 Å². The summed E-state index contributed by atoms with van der Waals surface area (Å²) >= 11 is 3.50. The predicted molar refractivity (Wildman–Crippen MR) is 97.0 cm³/mol. The summed E-state index contributed by atoms with van der Waals surface area (Å²) in [6, 6.07) is 7.97. The lowest BCUT2D eigenvalue weighted by Crippen LogP contribution is -2.33. The first kappa shape index (κ1) is 16.8. The van der Waals surface area contributed by atoms with E-state index in [9.17, 15) is 4.79 Å². The van der Waals surface area contributed by atoms with E-state index in [0.717, 1.165) is 29.6 Å². The number of nitrogens with one attached hydrogen (secondary N) is 1. The Labute approximate surface area is 155 Å². The number of rotatable bonds is 6. The van der Waals surface area contributed by atoms with E-state index in [1.165, 1.54) is 5.56 Å². The molecule has 2 aromatic rings. The Hall–Kier alpha value is -1.69. The summed E-state index contributed by atoms with van der Waals surface area (Å²) in [5.41, 5.74) is 1.21. The zero-order chi connectivity index (χ0) is 17.6. The van der Waals surface area contributed by atoms with Gasteiger partial charge in [0.1, 0.15) is 6.04 Å². The van der Waals surface area contributed by atoms with Gasteiger partial charge >= 0.3 is 0 Å². The fourth-order valence-corrected chi connectivity index (χ4v) is 3.66. The quantitative estimate of drug-likeness (QED) is 0.779. The molecule has 1 amide bonds. The van der Waals surface area contributed by atoms with E-state index in [4.69, 9.17) is 4.52 Å². The average molecular weight is 404 g/mol. The van der Waals surface area contributed by atoms with E-state index in [1.807, 2.05) is 12.1 Å². The second-order valence-electron chi connectivity index (χ2n) is 7.50. The van der Waals surface area contributed by atoms with Gasteiger partial charge in [0.15, 0.2) is 5.82 Å². The highest BCUT2D eigenvalue weighted by Gasteiger charge is 2.45. The average Bonchev–Trinajstić information content (AvgIpc) is 3.50. The van der Waals surface area contributed by atoms with Gasteiger partial charge in [-0.1, -0.05) is 47.1 Å². The molecular weight excluding hydrogens is 382 g/mol. The van der Waals surface area contributed by atoms with Crippen molar-refractivity contribution >= 4 is 21.8 Å². The molecule has 4 rings (SSSR count). The highest BCUT2D eigenvalue weighted by molar-refractivity contribution is 9.10. The van der Waals surface area contributed by atoms with Gasteiger partial charge in [-0.15, -0.1) is 0 Å². The van der Waals surface area contributed by atoms with Gasteiger partial charge in [0, 0.05) is 16.3 Å². The Morgan fingerprint density at radius 2 is 2.16 bits per heavy atom. The molecule has 2 fully saturated rings. The maximum absolute atomic E-state index is 12.7. The van der Waals surface area contributed by atoms with Gasteiger partial charge < -0.3 is 9.84 Å². The molecule has 3 unspecified atom stereocenters. The summed E-state index contributed by atoms with van der Waals surface area (Å²) in [6.45, 7) is 4.12. The van der Waals surface area contributed by atoms with Crippen LogP contribution in [-0.4, -0.2) is 16.0 Å². The summed E-state index contributed by atoms with van der Waals surface area (Å²) in [4.78, 5) is 17.2. The van der Waals surface area contributed by atoms with Crippen LogP contribution in [0.1, 0.15) is 68.3 Å². The lowest BCUT2D eigenvalue weighted by Gasteiger charge is -2.18. The van der Waals surface area contributed by atoms with Gasteiger partial charge in [0.25, 0.3) is 0 Å². The first-order valence-corrected chi connectivity index (χ1v) is 9.71. The molecule has 0 radical (unpaired) electrons.